The van der Waals surface area contributed by atoms with Gasteiger partial charge in [0.15, 0.2) is 11.5 Å². The molecular formula is C16H18N4O3. The fourth-order valence-corrected chi connectivity index (χ4v) is 3.02. The van der Waals surface area contributed by atoms with Gasteiger partial charge in [-0.2, -0.15) is 5.10 Å². The first-order chi connectivity index (χ1) is 11.2. The van der Waals surface area contributed by atoms with E-state index in [2.05, 4.69) is 15.2 Å². The van der Waals surface area contributed by atoms with Crippen LogP contribution in [0.25, 0.3) is 0 Å². The minimum Gasteiger partial charge on any atom is -0.486 e. The minimum atomic E-state index is 0.0329. The number of rotatable bonds is 4. The van der Waals surface area contributed by atoms with E-state index in [0.29, 0.717) is 25.6 Å². The van der Waals surface area contributed by atoms with Crippen molar-refractivity contribution in [3.63, 3.8) is 0 Å². The normalized spacial score (nSPS) is 21.8. The van der Waals surface area contributed by atoms with Gasteiger partial charge >= 0.3 is 0 Å². The maximum absolute atomic E-state index is 12.5. The largest absolute Gasteiger partial charge is 0.486 e. The van der Waals surface area contributed by atoms with Gasteiger partial charge in [-0.25, -0.2) is 4.98 Å². The number of aromatic nitrogens is 3. The third kappa shape index (κ3) is 2.74. The van der Waals surface area contributed by atoms with Gasteiger partial charge in [0.25, 0.3) is 0 Å². The molecule has 2 aromatic rings. The van der Waals surface area contributed by atoms with Gasteiger partial charge in [0, 0.05) is 13.0 Å². The molecule has 0 spiro atoms. The van der Waals surface area contributed by atoms with Crippen LogP contribution in [-0.4, -0.2) is 46.2 Å². The van der Waals surface area contributed by atoms with Crippen molar-refractivity contribution >= 4 is 5.91 Å². The van der Waals surface area contributed by atoms with Crippen molar-refractivity contribution in [2.24, 2.45) is 5.92 Å². The highest BCUT2D eigenvalue weighted by Crippen LogP contribution is 2.50. The van der Waals surface area contributed by atoms with Crippen LogP contribution in [0.3, 0.4) is 0 Å². The molecule has 4 rings (SSSR count). The Labute approximate surface area is 133 Å². The van der Waals surface area contributed by atoms with Crippen molar-refractivity contribution in [2.75, 3.05) is 20.3 Å². The summed E-state index contributed by atoms with van der Waals surface area (Å²) in [6, 6.07) is 5.96. The maximum Gasteiger partial charge on any atom is 0.226 e. The predicted octanol–water partition coefficient (Wildman–Crippen LogP) is 1.34. The third-order valence-corrected chi connectivity index (χ3v) is 4.33. The Hall–Kier alpha value is -2.57. The smallest absolute Gasteiger partial charge is 0.226 e. The first kappa shape index (κ1) is 14.0. The van der Waals surface area contributed by atoms with Crippen LogP contribution in [-0.2, 0) is 11.3 Å². The molecule has 0 saturated heterocycles. The Morgan fingerprint density at radius 3 is 2.96 bits per heavy atom. The predicted molar refractivity (Wildman–Crippen MR) is 81.1 cm³/mol. The number of hydrogen-bond acceptors (Lipinski definition) is 5. The van der Waals surface area contributed by atoms with E-state index in [1.807, 2.05) is 18.2 Å². The maximum atomic E-state index is 12.5. The summed E-state index contributed by atoms with van der Waals surface area (Å²) in [5, 5.41) is 6.57. The zero-order chi connectivity index (χ0) is 15.8. The highest BCUT2D eigenvalue weighted by molar-refractivity contribution is 5.82. The minimum absolute atomic E-state index is 0.0329. The van der Waals surface area contributed by atoms with E-state index in [1.54, 1.807) is 11.9 Å². The van der Waals surface area contributed by atoms with Crippen LogP contribution in [0.5, 0.6) is 11.5 Å². The molecule has 2 heterocycles. The topological polar surface area (TPSA) is 80.3 Å². The van der Waals surface area contributed by atoms with Crippen molar-refractivity contribution in [3.05, 3.63) is 35.9 Å². The second-order valence-electron chi connectivity index (χ2n) is 5.98. The molecule has 7 heteroatoms. The van der Waals surface area contributed by atoms with Gasteiger partial charge in [-0.3, -0.25) is 9.89 Å². The Balaban J connectivity index is 1.42. The van der Waals surface area contributed by atoms with E-state index in [4.69, 9.17) is 9.47 Å². The Morgan fingerprint density at radius 2 is 2.17 bits per heavy atom. The van der Waals surface area contributed by atoms with Gasteiger partial charge in [-0.1, -0.05) is 6.07 Å². The number of H-pyrrole nitrogens is 1. The Morgan fingerprint density at radius 1 is 1.35 bits per heavy atom. The van der Waals surface area contributed by atoms with Crippen molar-refractivity contribution in [2.45, 2.75) is 18.9 Å². The van der Waals surface area contributed by atoms with E-state index < -0.39 is 0 Å². The number of carbonyl (C=O) groups excluding carboxylic acids is 1. The number of benzene rings is 1. The molecule has 1 saturated carbocycles. The molecule has 1 aliphatic carbocycles. The van der Waals surface area contributed by atoms with Crippen LogP contribution in [0.15, 0.2) is 24.5 Å². The van der Waals surface area contributed by atoms with Crippen molar-refractivity contribution in [1.29, 1.82) is 0 Å². The molecule has 120 valence electrons. The Kier molecular flexibility index (Phi) is 3.40. The molecule has 2 atom stereocenters. The number of amides is 1. The van der Waals surface area contributed by atoms with Crippen LogP contribution < -0.4 is 9.47 Å². The molecule has 0 radical (unpaired) electrons. The standard InChI is InChI=1S/C16H18N4O3/c1-20(8-15-17-9-18-19-15)16(21)12-7-11(12)10-2-3-13-14(6-10)23-5-4-22-13/h2-3,6,9,11-12H,4-5,7-8H2,1H3,(H,17,18,19). The molecule has 1 aliphatic heterocycles. The van der Waals surface area contributed by atoms with Crippen molar-refractivity contribution in [1.82, 2.24) is 20.1 Å². The lowest BCUT2D eigenvalue weighted by Gasteiger charge is -2.19. The monoisotopic (exact) mass is 314 g/mol. The Bertz CT molecular complexity index is 716. The molecule has 1 aromatic carbocycles. The molecule has 2 aliphatic rings. The SMILES string of the molecule is CN(Cc1ncn[nH]1)C(=O)C1CC1c1ccc2c(c1)OCCO2. The van der Waals surface area contributed by atoms with Gasteiger partial charge in [0.1, 0.15) is 25.4 Å². The van der Waals surface area contributed by atoms with Gasteiger partial charge < -0.3 is 14.4 Å². The van der Waals surface area contributed by atoms with Gasteiger partial charge in [-0.15, -0.1) is 0 Å². The number of aromatic amines is 1. The van der Waals surface area contributed by atoms with Crippen molar-refractivity contribution in [3.8, 4) is 11.5 Å². The zero-order valence-corrected chi connectivity index (χ0v) is 12.9. The average molecular weight is 314 g/mol. The van der Waals surface area contributed by atoms with Crippen LogP contribution in [0.4, 0.5) is 0 Å². The van der Waals surface area contributed by atoms with E-state index >= 15 is 0 Å². The third-order valence-electron chi connectivity index (χ3n) is 4.33. The van der Waals surface area contributed by atoms with E-state index in [9.17, 15) is 4.79 Å². The summed E-state index contributed by atoms with van der Waals surface area (Å²) in [6.45, 7) is 1.61. The van der Waals surface area contributed by atoms with Gasteiger partial charge in [0.05, 0.1) is 6.54 Å². The van der Waals surface area contributed by atoms with Crippen LogP contribution >= 0.6 is 0 Å². The van der Waals surface area contributed by atoms with Gasteiger partial charge in [-0.05, 0) is 30.0 Å². The number of ether oxygens (including phenoxy) is 2. The molecule has 1 amide bonds. The van der Waals surface area contributed by atoms with Crippen molar-refractivity contribution < 1.29 is 14.3 Å². The lowest BCUT2D eigenvalue weighted by molar-refractivity contribution is -0.132. The summed E-state index contributed by atoms with van der Waals surface area (Å²) in [6.07, 6.45) is 2.32. The molecule has 7 nitrogen and oxygen atoms in total. The summed E-state index contributed by atoms with van der Waals surface area (Å²) < 4.78 is 11.1. The molecular weight excluding hydrogens is 296 g/mol. The number of carbonyl (C=O) groups is 1. The first-order valence-electron chi connectivity index (χ1n) is 7.71. The zero-order valence-electron chi connectivity index (χ0n) is 12.9. The number of nitrogens with one attached hydrogen (secondary N) is 1. The van der Waals surface area contributed by atoms with E-state index in [0.717, 1.165) is 23.5 Å². The molecule has 1 aromatic heterocycles. The summed E-state index contributed by atoms with van der Waals surface area (Å²) in [7, 11) is 1.80. The van der Waals surface area contributed by atoms with Crippen LogP contribution in [0.2, 0.25) is 0 Å². The quantitative estimate of drug-likeness (QED) is 0.921. The fraction of sp³-hybridized carbons (Fsp3) is 0.438. The number of nitrogens with zero attached hydrogens (tertiary/aromatic N) is 3. The van der Waals surface area contributed by atoms with E-state index in [1.165, 1.54) is 6.33 Å². The molecule has 1 fully saturated rings. The average Bonchev–Trinajstić information content (AvgIpc) is 3.22. The summed E-state index contributed by atoms with van der Waals surface area (Å²) in [4.78, 5) is 18.3. The molecule has 2 unspecified atom stereocenters. The highest BCUT2D eigenvalue weighted by atomic mass is 16.6. The fourth-order valence-electron chi connectivity index (χ4n) is 3.02. The summed E-state index contributed by atoms with van der Waals surface area (Å²) in [5.74, 6) is 2.69. The molecule has 23 heavy (non-hydrogen) atoms. The van der Waals surface area contributed by atoms with Crippen LogP contribution in [0.1, 0.15) is 23.7 Å². The number of fused-ring (bicyclic) bond motifs is 1. The highest BCUT2D eigenvalue weighted by Gasteiger charge is 2.45. The lowest BCUT2D eigenvalue weighted by atomic mass is 10.1. The lowest BCUT2D eigenvalue weighted by Crippen LogP contribution is -2.28. The second-order valence-corrected chi connectivity index (χ2v) is 5.98. The van der Waals surface area contributed by atoms with Crippen LogP contribution in [0, 0.1) is 5.92 Å². The summed E-state index contributed by atoms with van der Waals surface area (Å²) in [5.41, 5.74) is 1.14. The number of hydrogen-bond donors (Lipinski definition) is 1. The molecule has 1 N–H and O–H groups in total. The van der Waals surface area contributed by atoms with E-state index in [-0.39, 0.29) is 17.7 Å². The van der Waals surface area contributed by atoms with Gasteiger partial charge in [0.2, 0.25) is 5.91 Å². The second kappa shape index (κ2) is 5.57. The summed E-state index contributed by atoms with van der Waals surface area (Å²) >= 11 is 0. The molecule has 0 bridgehead atoms. The first-order valence-corrected chi connectivity index (χ1v) is 7.71.